The molecule has 25 heavy (non-hydrogen) atoms. The summed E-state index contributed by atoms with van der Waals surface area (Å²) in [6.45, 7) is 1.66. The zero-order chi connectivity index (χ0) is 18.2. The first-order valence-corrected chi connectivity index (χ1v) is 7.68. The highest BCUT2D eigenvalue weighted by atomic mass is 35.5. The Kier molecular flexibility index (Phi) is 4.39. The third-order valence-corrected chi connectivity index (χ3v) is 3.93. The Morgan fingerprint density at radius 2 is 1.76 bits per heavy atom. The van der Waals surface area contributed by atoms with Crippen LogP contribution in [0.15, 0.2) is 59.4 Å². The molecule has 0 aliphatic rings. The first kappa shape index (κ1) is 17.2. The van der Waals surface area contributed by atoms with E-state index in [0.29, 0.717) is 16.4 Å². The number of aromatic nitrogens is 2. The van der Waals surface area contributed by atoms with Gasteiger partial charge >= 0.3 is 6.18 Å². The summed E-state index contributed by atoms with van der Waals surface area (Å²) >= 11 is 6.12. The van der Waals surface area contributed by atoms with Crippen LogP contribution in [0.5, 0.6) is 0 Å². The van der Waals surface area contributed by atoms with Crippen molar-refractivity contribution < 1.29 is 13.2 Å². The molecule has 3 rings (SSSR count). The lowest BCUT2D eigenvalue weighted by atomic mass is 10.0. The number of hydrogen-bond acceptors (Lipinski definition) is 2. The zero-order valence-corrected chi connectivity index (χ0v) is 13.8. The molecule has 2 aromatic carbocycles. The van der Waals surface area contributed by atoms with Gasteiger partial charge in [-0.3, -0.25) is 4.79 Å². The Bertz CT molecular complexity index is 996. The number of aryl methyl sites for hydroxylation is 1. The van der Waals surface area contributed by atoms with Gasteiger partial charge in [0.05, 0.1) is 27.5 Å². The number of benzene rings is 2. The molecule has 0 aliphatic carbocycles. The van der Waals surface area contributed by atoms with E-state index in [2.05, 4.69) is 5.10 Å². The molecule has 3 nitrogen and oxygen atoms in total. The smallest absolute Gasteiger partial charge is 0.267 e. The maximum atomic E-state index is 12.9. The molecule has 0 saturated carbocycles. The van der Waals surface area contributed by atoms with Gasteiger partial charge in [-0.05, 0) is 42.8 Å². The maximum Gasteiger partial charge on any atom is 0.416 e. The van der Waals surface area contributed by atoms with E-state index in [-0.39, 0.29) is 11.1 Å². The van der Waals surface area contributed by atoms with E-state index in [1.165, 1.54) is 18.2 Å². The second-order valence-electron chi connectivity index (χ2n) is 5.45. The van der Waals surface area contributed by atoms with Crippen LogP contribution in [0, 0.1) is 6.92 Å². The molecule has 0 amide bonds. The van der Waals surface area contributed by atoms with Crippen molar-refractivity contribution in [3.63, 3.8) is 0 Å². The molecule has 3 aromatic rings. The first-order chi connectivity index (χ1) is 11.8. The fourth-order valence-corrected chi connectivity index (χ4v) is 2.69. The van der Waals surface area contributed by atoms with Crippen molar-refractivity contribution >= 4 is 11.6 Å². The lowest BCUT2D eigenvalue weighted by Gasteiger charge is -2.12. The summed E-state index contributed by atoms with van der Waals surface area (Å²) in [7, 11) is 0. The van der Waals surface area contributed by atoms with Gasteiger partial charge in [0, 0.05) is 0 Å². The molecule has 1 heterocycles. The molecule has 0 bridgehead atoms. The van der Waals surface area contributed by atoms with Gasteiger partial charge in [-0.2, -0.15) is 23.0 Å². The second-order valence-corrected chi connectivity index (χ2v) is 5.85. The largest absolute Gasteiger partial charge is 0.416 e. The lowest BCUT2D eigenvalue weighted by molar-refractivity contribution is -0.137. The van der Waals surface area contributed by atoms with E-state index < -0.39 is 17.3 Å². The minimum Gasteiger partial charge on any atom is -0.267 e. The van der Waals surface area contributed by atoms with E-state index in [0.717, 1.165) is 16.8 Å². The summed E-state index contributed by atoms with van der Waals surface area (Å²) in [5.41, 5.74) is -0.219. The Balaban J connectivity index is 2.23. The van der Waals surface area contributed by atoms with E-state index in [1.54, 1.807) is 31.2 Å². The van der Waals surface area contributed by atoms with Crippen molar-refractivity contribution in [2.24, 2.45) is 0 Å². The summed E-state index contributed by atoms with van der Waals surface area (Å²) in [6, 6.07) is 12.7. The van der Waals surface area contributed by atoms with Crippen molar-refractivity contribution in [3.8, 4) is 16.8 Å². The number of alkyl halides is 3. The molecular weight excluding hydrogens is 353 g/mol. The number of nitrogens with zero attached hydrogens (tertiary/aromatic N) is 2. The predicted octanol–water partition coefficient (Wildman–Crippen LogP) is 4.88. The van der Waals surface area contributed by atoms with Gasteiger partial charge in [-0.1, -0.05) is 35.9 Å². The topological polar surface area (TPSA) is 34.9 Å². The summed E-state index contributed by atoms with van der Waals surface area (Å²) < 4.78 is 39.9. The molecule has 128 valence electrons. The van der Waals surface area contributed by atoms with Gasteiger partial charge in [0.2, 0.25) is 0 Å². The third-order valence-electron chi connectivity index (χ3n) is 3.62. The van der Waals surface area contributed by atoms with Gasteiger partial charge in [-0.15, -0.1) is 0 Å². The fourth-order valence-electron chi connectivity index (χ4n) is 2.47. The third kappa shape index (κ3) is 3.44. The summed E-state index contributed by atoms with van der Waals surface area (Å²) in [5, 5.41) is 4.48. The van der Waals surface area contributed by atoms with Crippen LogP contribution in [-0.2, 0) is 6.18 Å². The maximum absolute atomic E-state index is 12.9. The van der Waals surface area contributed by atoms with Gasteiger partial charge in [-0.25, -0.2) is 0 Å². The molecule has 1 aromatic heterocycles. The number of para-hydroxylation sites is 1. The number of halogens is 4. The first-order valence-electron chi connectivity index (χ1n) is 7.31. The van der Waals surface area contributed by atoms with Gasteiger partial charge in [0.1, 0.15) is 0 Å². The Hall–Kier alpha value is -2.60. The molecule has 0 spiro atoms. The highest BCUT2D eigenvalue weighted by molar-refractivity contribution is 6.32. The lowest BCUT2D eigenvalue weighted by Crippen LogP contribution is -2.24. The van der Waals surface area contributed by atoms with Gasteiger partial charge in [0.15, 0.2) is 0 Å². The molecule has 0 aliphatic heterocycles. The Labute approximate surface area is 146 Å². The van der Waals surface area contributed by atoms with Crippen molar-refractivity contribution in [2.45, 2.75) is 13.1 Å². The summed E-state index contributed by atoms with van der Waals surface area (Å²) in [6.07, 6.45) is -4.49. The average Bonchev–Trinajstić information content (AvgIpc) is 2.57. The standard InChI is InChI=1S/C18H12ClF3N2O/c1-11-9-14(12-5-4-6-13(10-12)18(20,21)22)17(25)24(23-11)16-8-3-2-7-15(16)19/h2-10H,1H3. The highest BCUT2D eigenvalue weighted by Crippen LogP contribution is 2.31. The van der Waals surface area contributed by atoms with Crippen LogP contribution in [-0.4, -0.2) is 9.78 Å². The molecule has 0 unspecified atom stereocenters. The Morgan fingerprint density at radius 1 is 1.04 bits per heavy atom. The average molecular weight is 365 g/mol. The molecule has 0 atom stereocenters. The molecule has 0 saturated heterocycles. The SMILES string of the molecule is Cc1cc(-c2cccc(C(F)(F)F)c2)c(=O)n(-c2ccccc2Cl)n1. The van der Waals surface area contributed by atoms with Crippen molar-refractivity contribution in [2.75, 3.05) is 0 Å². The van der Waals surface area contributed by atoms with Crippen LogP contribution < -0.4 is 5.56 Å². The van der Waals surface area contributed by atoms with E-state index >= 15 is 0 Å². The molecule has 0 fully saturated rings. The highest BCUT2D eigenvalue weighted by Gasteiger charge is 2.30. The monoisotopic (exact) mass is 364 g/mol. The zero-order valence-electron chi connectivity index (χ0n) is 13.0. The van der Waals surface area contributed by atoms with Crippen LogP contribution in [0.3, 0.4) is 0 Å². The van der Waals surface area contributed by atoms with Crippen LogP contribution in [0.1, 0.15) is 11.3 Å². The minimum atomic E-state index is -4.49. The number of hydrogen-bond donors (Lipinski definition) is 0. The van der Waals surface area contributed by atoms with Gasteiger partial charge in [0.25, 0.3) is 5.56 Å². The van der Waals surface area contributed by atoms with E-state index in [1.807, 2.05) is 0 Å². The fraction of sp³-hybridized carbons (Fsp3) is 0.111. The van der Waals surface area contributed by atoms with Crippen molar-refractivity contribution in [1.82, 2.24) is 9.78 Å². The Morgan fingerprint density at radius 3 is 2.44 bits per heavy atom. The second kappa shape index (κ2) is 6.37. The normalized spacial score (nSPS) is 11.6. The minimum absolute atomic E-state index is 0.124. The van der Waals surface area contributed by atoms with Crippen molar-refractivity contribution in [1.29, 1.82) is 0 Å². The molecular formula is C18H12ClF3N2O. The number of rotatable bonds is 2. The van der Waals surface area contributed by atoms with Crippen molar-refractivity contribution in [3.05, 3.63) is 81.2 Å². The van der Waals surface area contributed by atoms with Gasteiger partial charge < -0.3 is 0 Å². The summed E-state index contributed by atoms with van der Waals surface area (Å²) in [4.78, 5) is 12.8. The molecule has 0 radical (unpaired) electrons. The van der Waals surface area contributed by atoms with Crippen LogP contribution >= 0.6 is 11.6 Å². The van der Waals surface area contributed by atoms with Crippen LogP contribution in [0.2, 0.25) is 5.02 Å². The van der Waals surface area contributed by atoms with E-state index in [9.17, 15) is 18.0 Å². The molecule has 7 heteroatoms. The predicted molar refractivity (Wildman–Crippen MR) is 90.0 cm³/mol. The van der Waals surface area contributed by atoms with E-state index in [4.69, 9.17) is 11.6 Å². The van der Waals surface area contributed by atoms with Crippen LogP contribution in [0.4, 0.5) is 13.2 Å². The summed E-state index contributed by atoms with van der Waals surface area (Å²) in [5.74, 6) is 0. The quantitative estimate of drug-likeness (QED) is 0.649. The molecule has 0 N–H and O–H groups in total. The van der Waals surface area contributed by atoms with Crippen LogP contribution in [0.25, 0.3) is 16.8 Å².